The third-order valence-electron chi connectivity index (χ3n) is 3.43. The molecule has 0 spiro atoms. The average Bonchev–Trinajstić information content (AvgIpc) is 2.49. The summed E-state index contributed by atoms with van der Waals surface area (Å²) in [5, 5.41) is 1.43. The molecule has 0 aliphatic carbocycles. The van der Waals surface area contributed by atoms with Gasteiger partial charge in [0.1, 0.15) is 11.5 Å². The Kier molecular flexibility index (Phi) is 5.50. The molecule has 0 radical (unpaired) electrons. The summed E-state index contributed by atoms with van der Waals surface area (Å²) in [6.45, 7) is 4.39. The highest BCUT2D eigenvalue weighted by molar-refractivity contribution is 9.08. The van der Waals surface area contributed by atoms with Crippen molar-refractivity contribution >= 4 is 27.5 Å². The number of rotatable bonds is 5. The lowest BCUT2D eigenvalue weighted by Crippen LogP contribution is -1.96. The Morgan fingerprint density at radius 2 is 1.90 bits per heavy atom. The zero-order chi connectivity index (χ0) is 14.5. The fourth-order valence-electron chi connectivity index (χ4n) is 2.03. The lowest BCUT2D eigenvalue weighted by atomic mass is 9.98. The van der Waals surface area contributed by atoms with Crippen molar-refractivity contribution in [2.75, 3.05) is 0 Å². The smallest absolute Gasteiger partial charge is 0.146 e. The van der Waals surface area contributed by atoms with Gasteiger partial charge < -0.3 is 4.74 Å². The highest BCUT2D eigenvalue weighted by Crippen LogP contribution is 2.35. The highest BCUT2D eigenvalue weighted by Gasteiger charge is 2.11. The molecule has 1 unspecified atom stereocenters. The van der Waals surface area contributed by atoms with E-state index in [-0.39, 0.29) is 0 Å². The summed E-state index contributed by atoms with van der Waals surface area (Å²) in [7, 11) is 0. The maximum Gasteiger partial charge on any atom is 0.146 e. The molecule has 2 aromatic carbocycles. The molecule has 0 aliphatic rings. The molecule has 2 aromatic rings. The summed E-state index contributed by atoms with van der Waals surface area (Å²) < 4.78 is 6.02. The topological polar surface area (TPSA) is 9.23 Å². The SMILES string of the molecule is CCC(C)c1ccccc1Oc1ccc(CBr)cc1Cl. The average molecular weight is 354 g/mol. The van der Waals surface area contributed by atoms with E-state index in [0.29, 0.717) is 16.7 Å². The van der Waals surface area contributed by atoms with Crippen LogP contribution < -0.4 is 4.74 Å². The third kappa shape index (κ3) is 3.56. The van der Waals surface area contributed by atoms with Crippen molar-refractivity contribution in [1.82, 2.24) is 0 Å². The van der Waals surface area contributed by atoms with Crippen LogP contribution in [0.25, 0.3) is 0 Å². The van der Waals surface area contributed by atoms with Crippen molar-refractivity contribution in [3.63, 3.8) is 0 Å². The van der Waals surface area contributed by atoms with Crippen LogP contribution in [0, 0.1) is 0 Å². The monoisotopic (exact) mass is 352 g/mol. The second-order valence-electron chi connectivity index (χ2n) is 4.85. The van der Waals surface area contributed by atoms with Gasteiger partial charge in [0.2, 0.25) is 0 Å². The molecule has 0 amide bonds. The summed E-state index contributed by atoms with van der Waals surface area (Å²) in [4.78, 5) is 0. The zero-order valence-electron chi connectivity index (χ0n) is 11.7. The molecule has 0 aromatic heterocycles. The zero-order valence-corrected chi connectivity index (χ0v) is 14.0. The minimum atomic E-state index is 0.465. The van der Waals surface area contributed by atoms with Gasteiger partial charge in [0.25, 0.3) is 0 Å². The normalized spacial score (nSPS) is 12.2. The van der Waals surface area contributed by atoms with Gasteiger partial charge in [-0.25, -0.2) is 0 Å². The lowest BCUT2D eigenvalue weighted by Gasteiger charge is -2.16. The van der Waals surface area contributed by atoms with E-state index < -0.39 is 0 Å². The van der Waals surface area contributed by atoms with Gasteiger partial charge in [-0.1, -0.05) is 65.6 Å². The molecular formula is C17H18BrClO. The standard InChI is InChI=1S/C17H18BrClO/c1-3-12(2)14-6-4-5-7-16(14)20-17-9-8-13(11-18)10-15(17)19/h4-10,12H,3,11H2,1-2H3. The lowest BCUT2D eigenvalue weighted by molar-refractivity contribution is 0.470. The number of ether oxygens (including phenoxy) is 1. The van der Waals surface area contributed by atoms with E-state index in [9.17, 15) is 0 Å². The van der Waals surface area contributed by atoms with Crippen LogP contribution in [0.15, 0.2) is 42.5 Å². The first-order valence-electron chi connectivity index (χ1n) is 6.76. The molecule has 20 heavy (non-hydrogen) atoms. The number of halogens is 2. The summed E-state index contributed by atoms with van der Waals surface area (Å²) in [5.41, 5.74) is 2.35. The second kappa shape index (κ2) is 7.14. The van der Waals surface area contributed by atoms with Crippen molar-refractivity contribution in [2.24, 2.45) is 0 Å². The Balaban J connectivity index is 2.30. The Morgan fingerprint density at radius 1 is 1.15 bits per heavy atom. The summed E-state index contributed by atoms with van der Waals surface area (Å²) in [6.07, 6.45) is 1.08. The van der Waals surface area contributed by atoms with Crippen molar-refractivity contribution in [3.05, 3.63) is 58.6 Å². The first kappa shape index (κ1) is 15.4. The largest absolute Gasteiger partial charge is 0.456 e. The molecule has 0 bridgehead atoms. The van der Waals surface area contributed by atoms with E-state index in [4.69, 9.17) is 16.3 Å². The fourth-order valence-corrected chi connectivity index (χ4v) is 2.62. The quantitative estimate of drug-likeness (QED) is 0.554. The fraction of sp³-hybridized carbons (Fsp3) is 0.294. The van der Waals surface area contributed by atoms with E-state index in [0.717, 1.165) is 23.1 Å². The van der Waals surface area contributed by atoms with Gasteiger partial charge in [0.15, 0.2) is 0 Å². The summed E-state index contributed by atoms with van der Waals surface area (Å²) >= 11 is 9.70. The minimum absolute atomic E-state index is 0.465. The molecule has 106 valence electrons. The van der Waals surface area contributed by atoms with E-state index in [1.807, 2.05) is 36.4 Å². The van der Waals surface area contributed by atoms with Crippen molar-refractivity contribution < 1.29 is 4.74 Å². The maximum atomic E-state index is 6.28. The molecule has 0 saturated heterocycles. The number of benzene rings is 2. The predicted octanol–water partition coefficient (Wildman–Crippen LogP) is 6.54. The molecule has 0 aliphatic heterocycles. The molecule has 0 fully saturated rings. The van der Waals surface area contributed by atoms with Crippen molar-refractivity contribution in [2.45, 2.75) is 31.5 Å². The van der Waals surface area contributed by atoms with Crippen LogP contribution in [0.1, 0.15) is 37.3 Å². The number of hydrogen-bond acceptors (Lipinski definition) is 1. The van der Waals surface area contributed by atoms with Crippen LogP contribution in [0.5, 0.6) is 11.5 Å². The van der Waals surface area contributed by atoms with Crippen molar-refractivity contribution in [3.8, 4) is 11.5 Å². The van der Waals surface area contributed by atoms with Crippen LogP contribution in [0.4, 0.5) is 0 Å². The summed E-state index contributed by atoms with van der Waals surface area (Å²) in [6, 6.07) is 14.0. The second-order valence-corrected chi connectivity index (χ2v) is 5.82. The maximum absolute atomic E-state index is 6.28. The molecule has 0 heterocycles. The van der Waals surface area contributed by atoms with E-state index in [1.54, 1.807) is 0 Å². The molecule has 2 rings (SSSR count). The summed E-state index contributed by atoms with van der Waals surface area (Å²) in [5.74, 6) is 2.05. The van der Waals surface area contributed by atoms with E-state index in [1.165, 1.54) is 5.56 Å². The van der Waals surface area contributed by atoms with Gasteiger partial charge in [-0.05, 0) is 41.7 Å². The van der Waals surface area contributed by atoms with Crippen LogP contribution in [0.2, 0.25) is 5.02 Å². The van der Waals surface area contributed by atoms with Gasteiger partial charge in [-0.15, -0.1) is 0 Å². The first-order chi connectivity index (χ1) is 9.65. The Labute approximate surface area is 134 Å². The van der Waals surface area contributed by atoms with Crippen LogP contribution in [0.3, 0.4) is 0 Å². The number of hydrogen-bond donors (Lipinski definition) is 0. The Bertz CT molecular complexity index is 583. The molecular weight excluding hydrogens is 336 g/mol. The van der Waals surface area contributed by atoms with Crippen LogP contribution in [-0.4, -0.2) is 0 Å². The Hall–Kier alpha value is -0.990. The van der Waals surface area contributed by atoms with Crippen LogP contribution in [-0.2, 0) is 5.33 Å². The Morgan fingerprint density at radius 3 is 2.55 bits per heavy atom. The van der Waals surface area contributed by atoms with Crippen molar-refractivity contribution in [1.29, 1.82) is 0 Å². The van der Waals surface area contributed by atoms with Crippen LogP contribution >= 0.6 is 27.5 Å². The molecule has 0 saturated carbocycles. The third-order valence-corrected chi connectivity index (χ3v) is 4.38. The van der Waals surface area contributed by atoms with E-state index >= 15 is 0 Å². The molecule has 3 heteroatoms. The number of para-hydroxylation sites is 1. The molecule has 1 nitrogen and oxygen atoms in total. The molecule has 1 atom stereocenters. The van der Waals surface area contributed by atoms with Gasteiger partial charge in [-0.2, -0.15) is 0 Å². The van der Waals surface area contributed by atoms with Gasteiger partial charge in [0.05, 0.1) is 5.02 Å². The molecule has 0 N–H and O–H groups in total. The predicted molar refractivity (Wildman–Crippen MR) is 89.3 cm³/mol. The van der Waals surface area contributed by atoms with Gasteiger partial charge in [0, 0.05) is 5.33 Å². The minimum Gasteiger partial charge on any atom is -0.456 e. The first-order valence-corrected chi connectivity index (χ1v) is 8.26. The van der Waals surface area contributed by atoms with Gasteiger partial charge in [-0.3, -0.25) is 0 Å². The van der Waals surface area contributed by atoms with E-state index in [2.05, 4.69) is 35.8 Å². The highest BCUT2D eigenvalue weighted by atomic mass is 79.9. The number of alkyl halides is 1. The van der Waals surface area contributed by atoms with Gasteiger partial charge >= 0.3 is 0 Å².